The van der Waals surface area contributed by atoms with Crippen LogP contribution in [0.3, 0.4) is 0 Å². The lowest BCUT2D eigenvalue weighted by Gasteiger charge is -2.15. The van der Waals surface area contributed by atoms with Gasteiger partial charge in [-0.2, -0.15) is 0 Å². The smallest absolute Gasteiger partial charge is 0.0542 e. The van der Waals surface area contributed by atoms with Gasteiger partial charge in [-0.3, -0.25) is 0 Å². The maximum atomic E-state index is 9.74. The molecule has 1 N–H and O–H groups in total. The molecule has 0 radical (unpaired) electrons. The van der Waals surface area contributed by atoms with Gasteiger partial charge in [0.2, 0.25) is 0 Å². The van der Waals surface area contributed by atoms with Gasteiger partial charge in [0.1, 0.15) is 0 Å². The van der Waals surface area contributed by atoms with Gasteiger partial charge >= 0.3 is 0 Å². The fourth-order valence-corrected chi connectivity index (χ4v) is 1.80. The van der Waals surface area contributed by atoms with Crippen LogP contribution in [0.25, 0.3) is 0 Å². The Balaban J connectivity index is 3.54. The standard InChI is InChI=1S/C14H28O/c1-5-6-10-14(15)11-13(4)9-7-8-12(2)3/h8,13-15H,5-7,9-11H2,1-4H3. The number of allylic oxidation sites excluding steroid dienone is 2. The van der Waals surface area contributed by atoms with Crippen molar-refractivity contribution in [2.45, 2.75) is 72.3 Å². The van der Waals surface area contributed by atoms with Crippen LogP contribution in [-0.2, 0) is 0 Å². The van der Waals surface area contributed by atoms with Gasteiger partial charge in [0.05, 0.1) is 6.10 Å². The van der Waals surface area contributed by atoms with E-state index in [0.717, 1.165) is 25.7 Å². The largest absolute Gasteiger partial charge is 0.393 e. The predicted octanol–water partition coefficient (Wildman–Crippen LogP) is 4.31. The summed E-state index contributed by atoms with van der Waals surface area (Å²) in [5, 5.41) is 9.74. The van der Waals surface area contributed by atoms with Crippen molar-refractivity contribution in [3.8, 4) is 0 Å². The van der Waals surface area contributed by atoms with E-state index in [4.69, 9.17) is 0 Å². The summed E-state index contributed by atoms with van der Waals surface area (Å²) >= 11 is 0. The number of hydrogen-bond acceptors (Lipinski definition) is 1. The van der Waals surface area contributed by atoms with Crippen LogP contribution in [0.2, 0.25) is 0 Å². The minimum absolute atomic E-state index is 0.0772. The van der Waals surface area contributed by atoms with Gasteiger partial charge < -0.3 is 5.11 Å². The molecule has 0 spiro atoms. The number of aliphatic hydroxyl groups excluding tert-OH is 1. The zero-order valence-corrected chi connectivity index (χ0v) is 10.9. The van der Waals surface area contributed by atoms with E-state index >= 15 is 0 Å². The van der Waals surface area contributed by atoms with Crippen molar-refractivity contribution < 1.29 is 5.11 Å². The molecule has 1 heteroatoms. The quantitative estimate of drug-likeness (QED) is 0.594. The Bertz CT molecular complexity index is 168. The molecule has 0 aliphatic carbocycles. The predicted molar refractivity (Wildman–Crippen MR) is 68.0 cm³/mol. The molecular formula is C14H28O. The maximum Gasteiger partial charge on any atom is 0.0542 e. The van der Waals surface area contributed by atoms with E-state index in [9.17, 15) is 5.11 Å². The van der Waals surface area contributed by atoms with Crippen LogP contribution in [0, 0.1) is 5.92 Å². The SMILES string of the molecule is CCCCC(O)CC(C)CCC=C(C)C. The number of aliphatic hydroxyl groups is 1. The zero-order chi connectivity index (χ0) is 11.7. The summed E-state index contributed by atoms with van der Waals surface area (Å²) in [6, 6.07) is 0. The second-order valence-corrected chi connectivity index (χ2v) is 5.00. The van der Waals surface area contributed by atoms with Gasteiger partial charge in [0, 0.05) is 0 Å². The maximum absolute atomic E-state index is 9.74. The van der Waals surface area contributed by atoms with Crippen molar-refractivity contribution in [3.63, 3.8) is 0 Å². The van der Waals surface area contributed by atoms with Crippen molar-refractivity contribution in [1.82, 2.24) is 0 Å². The second kappa shape index (κ2) is 8.96. The van der Waals surface area contributed by atoms with Gasteiger partial charge in [-0.05, 0) is 45.4 Å². The highest BCUT2D eigenvalue weighted by Gasteiger charge is 2.08. The Morgan fingerprint density at radius 2 is 1.93 bits per heavy atom. The highest BCUT2D eigenvalue weighted by atomic mass is 16.3. The summed E-state index contributed by atoms with van der Waals surface area (Å²) in [6.07, 6.45) is 8.85. The molecule has 0 aliphatic rings. The summed E-state index contributed by atoms with van der Waals surface area (Å²) < 4.78 is 0. The van der Waals surface area contributed by atoms with E-state index in [-0.39, 0.29) is 6.10 Å². The van der Waals surface area contributed by atoms with Crippen molar-refractivity contribution >= 4 is 0 Å². The van der Waals surface area contributed by atoms with E-state index < -0.39 is 0 Å². The van der Waals surface area contributed by atoms with Gasteiger partial charge in [0.25, 0.3) is 0 Å². The van der Waals surface area contributed by atoms with Crippen LogP contribution in [-0.4, -0.2) is 11.2 Å². The molecule has 2 atom stereocenters. The summed E-state index contributed by atoms with van der Waals surface area (Å²) in [7, 11) is 0. The summed E-state index contributed by atoms with van der Waals surface area (Å²) in [5.41, 5.74) is 1.40. The fourth-order valence-electron chi connectivity index (χ4n) is 1.80. The lowest BCUT2D eigenvalue weighted by atomic mass is 9.95. The third-order valence-electron chi connectivity index (χ3n) is 2.78. The molecule has 0 aromatic heterocycles. The molecule has 0 fully saturated rings. The van der Waals surface area contributed by atoms with Crippen LogP contribution in [0.1, 0.15) is 66.2 Å². The Morgan fingerprint density at radius 1 is 1.27 bits per heavy atom. The molecule has 2 unspecified atom stereocenters. The van der Waals surface area contributed by atoms with E-state index in [2.05, 4.69) is 33.8 Å². The molecule has 0 bridgehead atoms. The molecule has 0 saturated heterocycles. The lowest BCUT2D eigenvalue weighted by Crippen LogP contribution is -2.11. The minimum Gasteiger partial charge on any atom is -0.393 e. The highest BCUT2D eigenvalue weighted by molar-refractivity contribution is 4.92. The zero-order valence-electron chi connectivity index (χ0n) is 10.9. The van der Waals surface area contributed by atoms with Crippen molar-refractivity contribution in [2.75, 3.05) is 0 Å². The van der Waals surface area contributed by atoms with Crippen LogP contribution in [0.15, 0.2) is 11.6 Å². The van der Waals surface area contributed by atoms with Gasteiger partial charge in [-0.15, -0.1) is 0 Å². The molecule has 1 nitrogen and oxygen atoms in total. The van der Waals surface area contributed by atoms with Crippen molar-refractivity contribution in [1.29, 1.82) is 0 Å². The van der Waals surface area contributed by atoms with E-state index in [1.54, 1.807) is 0 Å². The molecule has 15 heavy (non-hydrogen) atoms. The molecular weight excluding hydrogens is 184 g/mol. The van der Waals surface area contributed by atoms with E-state index in [0.29, 0.717) is 5.92 Å². The summed E-state index contributed by atoms with van der Waals surface area (Å²) in [6.45, 7) is 8.69. The van der Waals surface area contributed by atoms with Crippen LogP contribution in [0.5, 0.6) is 0 Å². The first kappa shape index (κ1) is 14.7. The van der Waals surface area contributed by atoms with Crippen molar-refractivity contribution in [2.24, 2.45) is 5.92 Å². The molecule has 0 aromatic carbocycles. The normalized spacial score (nSPS) is 14.7. The van der Waals surface area contributed by atoms with Crippen LogP contribution < -0.4 is 0 Å². The number of hydrogen-bond donors (Lipinski definition) is 1. The molecule has 0 aliphatic heterocycles. The monoisotopic (exact) mass is 212 g/mol. The average Bonchev–Trinajstić information content (AvgIpc) is 2.14. The fraction of sp³-hybridized carbons (Fsp3) is 0.857. The van der Waals surface area contributed by atoms with Gasteiger partial charge in [0.15, 0.2) is 0 Å². The number of unbranched alkanes of at least 4 members (excludes halogenated alkanes) is 1. The van der Waals surface area contributed by atoms with Crippen molar-refractivity contribution in [3.05, 3.63) is 11.6 Å². The first-order valence-electron chi connectivity index (χ1n) is 6.37. The second-order valence-electron chi connectivity index (χ2n) is 5.00. The Hall–Kier alpha value is -0.300. The molecule has 90 valence electrons. The first-order valence-corrected chi connectivity index (χ1v) is 6.37. The molecule has 0 rings (SSSR count). The lowest BCUT2D eigenvalue weighted by molar-refractivity contribution is 0.132. The van der Waals surface area contributed by atoms with Crippen LogP contribution >= 0.6 is 0 Å². The Labute approximate surface area is 95.6 Å². The molecule has 0 heterocycles. The molecule has 0 aromatic rings. The molecule has 0 amide bonds. The highest BCUT2D eigenvalue weighted by Crippen LogP contribution is 2.16. The third kappa shape index (κ3) is 9.99. The summed E-state index contributed by atoms with van der Waals surface area (Å²) in [5.74, 6) is 0.646. The Kier molecular flexibility index (Phi) is 8.79. The molecule has 0 saturated carbocycles. The number of rotatable bonds is 8. The minimum atomic E-state index is -0.0772. The average molecular weight is 212 g/mol. The van der Waals surface area contributed by atoms with Crippen LogP contribution in [0.4, 0.5) is 0 Å². The third-order valence-corrected chi connectivity index (χ3v) is 2.78. The first-order chi connectivity index (χ1) is 7.06. The topological polar surface area (TPSA) is 20.2 Å². The van der Waals surface area contributed by atoms with E-state index in [1.807, 2.05) is 0 Å². The van der Waals surface area contributed by atoms with E-state index in [1.165, 1.54) is 18.4 Å². The summed E-state index contributed by atoms with van der Waals surface area (Å²) in [4.78, 5) is 0. The van der Waals surface area contributed by atoms with Gasteiger partial charge in [-0.1, -0.05) is 38.3 Å². The Morgan fingerprint density at radius 3 is 2.47 bits per heavy atom. The van der Waals surface area contributed by atoms with Gasteiger partial charge in [-0.25, -0.2) is 0 Å².